The van der Waals surface area contributed by atoms with E-state index in [1.165, 1.54) is 76.6 Å². The third kappa shape index (κ3) is 3.93. The maximum absolute atomic E-state index is 6.38. The highest BCUT2D eigenvalue weighted by molar-refractivity contribution is 6.22. The van der Waals surface area contributed by atoms with Crippen LogP contribution in [-0.4, -0.2) is 0 Å². The van der Waals surface area contributed by atoms with Crippen LogP contribution in [0.5, 0.6) is 0 Å². The van der Waals surface area contributed by atoms with Gasteiger partial charge >= 0.3 is 0 Å². The van der Waals surface area contributed by atoms with Crippen LogP contribution in [0.1, 0.15) is 25.0 Å². The van der Waals surface area contributed by atoms with Gasteiger partial charge in [-0.1, -0.05) is 117 Å². The zero-order chi connectivity index (χ0) is 35.0. The van der Waals surface area contributed by atoms with Crippen molar-refractivity contribution in [1.29, 1.82) is 0 Å². The fourth-order valence-electron chi connectivity index (χ4n) is 9.50. The van der Waals surface area contributed by atoms with E-state index in [-0.39, 0.29) is 5.41 Å². The van der Waals surface area contributed by atoms with Gasteiger partial charge in [-0.05, 0) is 131 Å². The van der Waals surface area contributed by atoms with Gasteiger partial charge in [-0.2, -0.15) is 0 Å². The summed E-state index contributed by atoms with van der Waals surface area (Å²) in [6.45, 7) is 4.74. The van der Waals surface area contributed by atoms with Crippen LogP contribution in [0.4, 0.5) is 0 Å². The molecular weight excluding hydrogens is 645 g/mol. The zero-order valence-corrected chi connectivity index (χ0v) is 29.3. The van der Waals surface area contributed by atoms with Gasteiger partial charge in [-0.3, -0.25) is 0 Å². The maximum Gasteiger partial charge on any atom is 0.136 e. The smallest absolute Gasteiger partial charge is 0.136 e. The van der Waals surface area contributed by atoms with E-state index in [0.717, 1.165) is 44.1 Å². The second kappa shape index (κ2) is 10.2. The van der Waals surface area contributed by atoms with Crippen molar-refractivity contribution in [3.05, 3.63) is 169 Å². The van der Waals surface area contributed by atoms with Crippen LogP contribution in [-0.2, 0) is 5.41 Å². The predicted molar refractivity (Wildman–Crippen MR) is 222 cm³/mol. The summed E-state index contributed by atoms with van der Waals surface area (Å²) in [5, 5.41) is 12.0. The van der Waals surface area contributed by atoms with Crippen molar-refractivity contribution in [2.75, 3.05) is 0 Å². The van der Waals surface area contributed by atoms with E-state index in [1.54, 1.807) is 0 Å². The number of para-hydroxylation sites is 2. The van der Waals surface area contributed by atoms with Crippen molar-refractivity contribution >= 4 is 76.2 Å². The zero-order valence-electron chi connectivity index (χ0n) is 29.3. The number of hydrogen-bond acceptors (Lipinski definition) is 2. The van der Waals surface area contributed by atoms with Gasteiger partial charge in [0.05, 0.1) is 0 Å². The Balaban J connectivity index is 1.08. The number of rotatable bonds is 2. The van der Waals surface area contributed by atoms with Crippen molar-refractivity contribution in [2.45, 2.75) is 19.3 Å². The summed E-state index contributed by atoms with van der Waals surface area (Å²) >= 11 is 0. The molecule has 9 aromatic carbocycles. The Morgan fingerprint density at radius 1 is 0.340 bits per heavy atom. The number of hydrogen-bond donors (Lipinski definition) is 0. The maximum atomic E-state index is 6.38. The Morgan fingerprint density at radius 3 is 1.45 bits per heavy atom. The van der Waals surface area contributed by atoms with Crippen LogP contribution in [0.3, 0.4) is 0 Å². The molecule has 0 saturated heterocycles. The first kappa shape index (κ1) is 29.0. The van der Waals surface area contributed by atoms with Gasteiger partial charge in [0.1, 0.15) is 22.3 Å². The van der Waals surface area contributed by atoms with Crippen LogP contribution in [0.25, 0.3) is 110 Å². The van der Waals surface area contributed by atoms with E-state index in [4.69, 9.17) is 8.83 Å². The van der Waals surface area contributed by atoms with Gasteiger partial charge in [0.15, 0.2) is 0 Å². The summed E-state index contributed by atoms with van der Waals surface area (Å²) in [6, 6.07) is 57.6. The quantitative estimate of drug-likeness (QED) is 0.170. The minimum Gasteiger partial charge on any atom is -0.456 e. The lowest BCUT2D eigenvalue weighted by Crippen LogP contribution is -2.14. The van der Waals surface area contributed by atoms with Crippen molar-refractivity contribution in [1.82, 2.24) is 0 Å². The molecule has 1 aliphatic rings. The lowest BCUT2D eigenvalue weighted by molar-refractivity contribution is 0.661. The third-order valence-electron chi connectivity index (χ3n) is 12.0. The highest BCUT2D eigenvalue weighted by Crippen LogP contribution is 2.53. The van der Waals surface area contributed by atoms with E-state index >= 15 is 0 Å². The molecule has 2 heterocycles. The number of furan rings is 2. The Morgan fingerprint density at radius 2 is 0.811 bits per heavy atom. The summed E-state index contributed by atoms with van der Waals surface area (Å²) in [5.41, 5.74) is 13.8. The molecule has 0 amide bonds. The molecule has 0 radical (unpaired) electrons. The first-order valence-electron chi connectivity index (χ1n) is 18.4. The normalized spacial score (nSPS) is 13.6. The molecule has 0 fully saturated rings. The van der Waals surface area contributed by atoms with Crippen molar-refractivity contribution in [2.24, 2.45) is 0 Å². The van der Waals surface area contributed by atoms with Crippen molar-refractivity contribution in [3.8, 4) is 33.4 Å². The van der Waals surface area contributed by atoms with Gasteiger partial charge in [0, 0.05) is 27.0 Å². The molecule has 53 heavy (non-hydrogen) atoms. The molecule has 0 spiro atoms. The SMILES string of the molecule is CC1(C)c2ccc(-c3c4ccccc4c(-c4ccc5c(c4)oc4ccccc45)c4ccccc34)cc2-c2cc3cc4oc5ccccc5c4cc3cc21. The van der Waals surface area contributed by atoms with Gasteiger partial charge < -0.3 is 8.83 Å². The number of benzene rings is 9. The Kier molecular flexibility index (Phi) is 5.60. The summed E-state index contributed by atoms with van der Waals surface area (Å²) < 4.78 is 12.7. The van der Waals surface area contributed by atoms with E-state index in [1.807, 2.05) is 18.2 Å². The predicted octanol–water partition coefficient (Wildman–Crippen LogP) is 14.6. The summed E-state index contributed by atoms with van der Waals surface area (Å²) in [6.07, 6.45) is 0. The highest BCUT2D eigenvalue weighted by Gasteiger charge is 2.36. The van der Waals surface area contributed by atoms with Crippen molar-refractivity contribution < 1.29 is 8.83 Å². The standard InChI is InChI=1S/C51H32O2/c1-51(2)43-22-20-29(23-40(43)41-24-32-28-48-42(25-31(32)26-44(41)51)34-12-8-10-18-46(34)53-48)49-36-13-3-5-15-38(36)50(39-16-6-4-14-37(39)49)30-19-21-35-33-11-7-9-17-45(33)52-47(35)27-30/h3-28H,1-2H3. The summed E-state index contributed by atoms with van der Waals surface area (Å²) in [7, 11) is 0. The van der Waals surface area contributed by atoms with Gasteiger partial charge in [-0.15, -0.1) is 0 Å². The first-order chi connectivity index (χ1) is 26.0. The Hall–Kier alpha value is -6.64. The van der Waals surface area contributed by atoms with E-state index in [9.17, 15) is 0 Å². The molecule has 2 nitrogen and oxygen atoms in total. The van der Waals surface area contributed by atoms with Crippen LogP contribution in [0.2, 0.25) is 0 Å². The van der Waals surface area contributed by atoms with Crippen molar-refractivity contribution in [3.63, 3.8) is 0 Å². The lowest BCUT2D eigenvalue weighted by Gasteiger charge is -2.22. The molecule has 248 valence electrons. The molecule has 1 aliphatic carbocycles. The first-order valence-corrected chi connectivity index (χ1v) is 18.4. The molecule has 0 atom stereocenters. The molecule has 0 N–H and O–H groups in total. The van der Waals surface area contributed by atoms with Crippen LogP contribution in [0.15, 0.2) is 167 Å². The molecule has 0 saturated carbocycles. The summed E-state index contributed by atoms with van der Waals surface area (Å²) in [5.74, 6) is 0. The average Bonchev–Trinajstić information content (AvgIpc) is 3.81. The van der Waals surface area contributed by atoms with Gasteiger partial charge in [0.25, 0.3) is 0 Å². The highest BCUT2D eigenvalue weighted by atomic mass is 16.3. The van der Waals surface area contributed by atoms with Crippen LogP contribution in [0, 0.1) is 0 Å². The third-order valence-corrected chi connectivity index (χ3v) is 12.0. The molecule has 0 unspecified atom stereocenters. The molecular formula is C51H32O2. The molecule has 2 aromatic heterocycles. The van der Waals surface area contributed by atoms with Crippen LogP contribution >= 0.6 is 0 Å². The van der Waals surface area contributed by atoms with E-state index < -0.39 is 0 Å². The second-order valence-corrected chi connectivity index (χ2v) is 15.2. The van der Waals surface area contributed by atoms with Crippen LogP contribution < -0.4 is 0 Å². The molecule has 11 aromatic rings. The molecule has 0 aliphatic heterocycles. The fraction of sp³-hybridized carbons (Fsp3) is 0.0588. The average molecular weight is 677 g/mol. The molecule has 2 heteroatoms. The lowest BCUT2D eigenvalue weighted by atomic mass is 9.81. The Labute approximate surface area is 305 Å². The molecule has 12 rings (SSSR count). The summed E-state index contributed by atoms with van der Waals surface area (Å²) in [4.78, 5) is 0. The van der Waals surface area contributed by atoms with E-state index in [2.05, 4.69) is 153 Å². The van der Waals surface area contributed by atoms with Gasteiger partial charge in [-0.25, -0.2) is 0 Å². The van der Waals surface area contributed by atoms with E-state index in [0.29, 0.717) is 0 Å². The minimum atomic E-state index is -0.131. The minimum absolute atomic E-state index is 0.131. The topological polar surface area (TPSA) is 26.3 Å². The molecule has 0 bridgehead atoms. The number of fused-ring (bicyclic) bond motifs is 12. The Bertz CT molecular complexity index is 3310. The monoisotopic (exact) mass is 676 g/mol. The fourth-order valence-corrected chi connectivity index (χ4v) is 9.50. The van der Waals surface area contributed by atoms with Gasteiger partial charge in [0.2, 0.25) is 0 Å². The largest absolute Gasteiger partial charge is 0.456 e. The second-order valence-electron chi connectivity index (χ2n) is 15.2.